The van der Waals surface area contributed by atoms with Crippen LogP contribution in [0.15, 0.2) is 5.51 Å². The molecule has 1 saturated heterocycles. The van der Waals surface area contributed by atoms with Gasteiger partial charge in [0.1, 0.15) is 4.88 Å². The molecule has 2 rings (SSSR count). The molecule has 0 radical (unpaired) electrons. The number of aryl methyl sites for hydroxylation is 1. The van der Waals surface area contributed by atoms with Gasteiger partial charge in [-0.3, -0.25) is 19.8 Å². The standard InChI is InChI=1S/C15H23N5O3S/c1-9-12(24-8-17-9)14(22)18-11-4-6-20(7-5-11)10(2)13(21)19-15(23)16-3/h8,10-11H,4-7H2,1-3H3,(H,18,22)(H2,16,19,21,23). The van der Waals surface area contributed by atoms with E-state index in [9.17, 15) is 14.4 Å². The molecule has 1 aliphatic rings. The van der Waals surface area contributed by atoms with Crippen molar-refractivity contribution in [2.75, 3.05) is 20.1 Å². The van der Waals surface area contributed by atoms with Crippen LogP contribution in [0, 0.1) is 6.92 Å². The summed E-state index contributed by atoms with van der Waals surface area (Å²) in [6.45, 7) is 4.97. The molecular weight excluding hydrogens is 330 g/mol. The lowest BCUT2D eigenvalue weighted by molar-refractivity contribution is -0.125. The summed E-state index contributed by atoms with van der Waals surface area (Å²) in [5.74, 6) is -0.407. The summed E-state index contributed by atoms with van der Waals surface area (Å²) in [6, 6.07) is -0.805. The van der Waals surface area contributed by atoms with Crippen LogP contribution in [0.3, 0.4) is 0 Å². The van der Waals surface area contributed by atoms with Gasteiger partial charge in [-0.1, -0.05) is 0 Å². The topological polar surface area (TPSA) is 103 Å². The van der Waals surface area contributed by atoms with Gasteiger partial charge in [-0.05, 0) is 26.7 Å². The van der Waals surface area contributed by atoms with Crippen molar-refractivity contribution in [3.63, 3.8) is 0 Å². The Morgan fingerprint density at radius 3 is 2.54 bits per heavy atom. The molecule has 0 aliphatic carbocycles. The normalized spacial score (nSPS) is 17.1. The van der Waals surface area contributed by atoms with E-state index in [2.05, 4.69) is 20.9 Å². The molecule has 0 saturated carbocycles. The van der Waals surface area contributed by atoms with Crippen LogP contribution in [0.4, 0.5) is 4.79 Å². The average Bonchev–Trinajstić information content (AvgIpc) is 3.00. The van der Waals surface area contributed by atoms with Gasteiger partial charge in [-0.2, -0.15) is 0 Å². The summed E-state index contributed by atoms with van der Waals surface area (Å²) in [5.41, 5.74) is 2.41. The number of piperidine rings is 1. The van der Waals surface area contributed by atoms with E-state index in [4.69, 9.17) is 0 Å². The molecule has 1 aliphatic heterocycles. The highest BCUT2D eigenvalue weighted by molar-refractivity contribution is 7.11. The van der Waals surface area contributed by atoms with Crippen molar-refractivity contribution in [2.45, 2.75) is 38.8 Å². The van der Waals surface area contributed by atoms with Crippen molar-refractivity contribution in [1.29, 1.82) is 0 Å². The number of urea groups is 1. The minimum atomic E-state index is -0.506. The molecule has 2 heterocycles. The molecular formula is C15H23N5O3S. The number of nitrogens with zero attached hydrogens (tertiary/aromatic N) is 2. The fraction of sp³-hybridized carbons (Fsp3) is 0.600. The number of thiazole rings is 1. The highest BCUT2D eigenvalue weighted by atomic mass is 32.1. The summed E-state index contributed by atoms with van der Waals surface area (Å²) in [5, 5.41) is 7.68. The first-order valence-corrected chi connectivity index (χ1v) is 8.78. The third-order valence-electron chi connectivity index (χ3n) is 4.21. The summed E-state index contributed by atoms with van der Waals surface area (Å²) in [4.78, 5) is 42.1. The maximum atomic E-state index is 12.2. The number of likely N-dealkylation sites (tertiary alicyclic amines) is 1. The predicted octanol–water partition coefficient (Wildman–Crippen LogP) is 0.490. The molecule has 0 aromatic carbocycles. The van der Waals surface area contributed by atoms with Gasteiger partial charge in [0.2, 0.25) is 5.91 Å². The number of hydrogen-bond donors (Lipinski definition) is 3. The third-order valence-corrected chi connectivity index (χ3v) is 5.13. The van der Waals surface area contributed by atoms with Gasteiger partial charge in [0.05, 0.1) is 17.2 Å². The number of rotatable bonds is 4. The molecule has 0 spiro atoms. The molecule has 0 bridgehead atoms. The van der Waals surface area contributed by atoms with Crippen LogP contribution in [-0.4, -0.2) is 60.0 Å². The number of nitrogens with one attached hydrogen (secondary N) is 3. The van der Waals surface area contributed by atoms with E-state index in [-0.39, 0.29) is 23.9 Å². The van der Waals surface area contributed by atoms with Crippen molar-refractivity contribution in [1.82, 2.24) is 25.8 Å². The van der Waals surface area contributed by atoms with Gasteiger partial charge in [0.15, 0.2) is 0 Å². The summed E-state index contributed by atoms with van der Waals surface area (Å²) < 4.78 is 0. The molecule has 8 nitrogen and oxygen atoms in total. The Balaban J connectivity index is 1.80. The van der Waals surface area contributed by atoms with E-state index in [0.29, 0.717) is 18.0 Å². The Hall–Kier alpha value is -2.00. The Kier molecular flexibility index (Phi) is 6.27. The molecule has 1 aromatic heterocycles. The van der Waals surface area contributed by atoms with Crippen molar-refractivity contribution < 1.29 is 14.4 Å². The number of amides is 4. The Labute approximate surface area is 145 Å². The van der Waals surface area contributed by atoms with Crippen LogP contribution < -0.4 is 16.0 Å². The number of hydrogen-bond acceptors (Lipinski definition) is 6. The molecule has 1 aromatic rings. The van der Waals surface area contributed by atoms with E-state index >= 15 is 0 Å². The number of carbonyl (C=O) groups is 3. The number of carbonyl (C=O) groups excluding carboxylic acids is 3. The summed E-state index contributed by atoms with van der Waals surface area (Å²) in [6.07, 6.45) is 1.53. The zero-order valence-electron chi connectivity index (χ0n) is 14.1. The fourth-order valence-corrected chi connectivity index (χ4v) is 3.35. The molecule has 1 unspecified atom stereocenters. The van der Waals surface area contributed by atoms with Gasteiger partial charge in [0.25, 0.3) is 5.91 Å². The van der Waals surface area contributed by atoms with E-state index < -0.39 is 6.03 Å². The third kappa shape index (κ3) is 4.51. The Bertz CT molecular complexity index is 610. The van der Waals surface area contributed by atoms with E-state index in [1.165, 1.54) is 18.4 Å². The lowest BCUT2D eigenvalue weighted by Gasteiger charge is -2.35. The van der Waals surface area contributed by atoms with Gasteiger partial charge in [-0.15, -0.1) is 11.3 Å². The zero-order valence-corrected chi connectivity index (χ0v) is 14.9. The highest BCUT2D eigenvalue weighted by Gasteiger charge is 2.28. The van der Waals surface area contributed by atoms with Crippen LogP contribution in [-0.2, 0) is 4.79 Å². The second-order valence-corrected chi connectivity index (χ2v) is 6.65. The zero-order chi connectivity index (χ0) is 17.7. The lowest BCUT2D eigenvalue weighted by Crippen LogP contribution is -2.53. The van der Waals surface area contributed by atoms with Gasteiger partial charge in [-0.25, -0.2) is 9.78 Å². The molecule has 1 atom stereocenters. The molecule has 24 heavy (non-hydrogen) atoms. The molecule has 4 amide bonds. The van der Waals surface area contributed by atoms with Crippen LogP contribution >= 0.6 is 11.3 Å². The second-order valence-electron chi connectivity index (χ2n) is 5.79. The molecule has 1 fully saturated rings. The largest absolute Gasteiger partial charge is 0.348 e. The Morgan fingerprint density at radius 1 is 1.33 bits per heavy atom. The van der Waals surface area contributed by atoms with E-state index in [1.807, 2.05) is 11.8 Å². The van der Waals surface area contributed by atoms with Crippen molar-refractivity contribution >= 4 is 29.2 Å². The fourth-order valence-electron chi connectivity index (χ4n) is 2.65. The maximum Gasteiger partial charge on any atom is 0.321 e. The van der Waals surface area contributed by atoms with Crippen molar-refractivity contribution in [3.8, 4) is 0 Å². The SMILES string of the molecule is CNC(=O)NC(=O)C(C)N1CCC(NC(=O)c2scnc2C)CC1. The van der Waals surface area contributed by atoms with Crippen molar-refractivity contribution in [2.24, 2.45) is 0 Å². The van der Waals surface area contributed by atoms with Crippen LogP contribution in [0.25, 0.3) is 0 Å². The second kappa shape index (κ2) is 8.20. The molecule has 132 valence electrons. The van der Waals surface area contributed by atoms with E-state index in [1.54, 1.807) is 12.4 Å². The van der Waals surface area contributed by atoms with Gasteiger partial charge < -0.3 is 10.6 Å². The summed E-state index contributed by atoms with van der Waals surface area (Å²) >= 11 is 1.34. The monoisotopic (exact) mass is 353 g/mol. The smallest absolute Gasteiger partial charge is 0.321 e. The minimum absolute atomic E-state index is 0.0844. The maximum absolute atomic E-state index is 12.2. The Morgan fingerprint density at radius 2 is 2.00 bits per heavy atom. The molecule has 3 N–H and O–H groups in total. The summed E-state index contributed by atoms with van der Waals surface area (Å²) in [7, 11) is 1.46. The number of imide groups is 1. The van der Waals surface area contributed by atoms with Crippen LogP contribution in [0.5, 0.6) is 0 Å². The highest BCUT2D eigenvalue weighted by Crippen LogP contribution is 2.16. The minimum Gasteiger partial charge on any atom is -0.348 e. The van der Waals surface area contributed by atoms with Crippen LogP contribution in [0.2, 0.25) is 0 Å². The first kappa shape index (κ1) is 18.3. The van der Waals surface area contributed by atoms with Gasteiger partial charge >= 0.3 is 6.03 Å². The van der Waals surface area contributed by atoms with Gasteiger partial charge in [0, 0.05) is 26.2 Å². The molecule has 9 heteroatoms. The lowest BCUT2D eigenvalue weighted by atomic mass is 10.0. The van der Waals surface area contributed by atoms with Crippen molar-refractivity contribution in [3.05, 3.63) is 16.1 Å². The first-order chi connectivity index (χ1) is 11.4. The average molecular weight is 353 g/mol. The predicted molar refractivity (Wildman–Crippen MR) is 91.0 cm³/mol. The number of aromatic nitrogens is 1. The van der Waals surface area contributed by atoms with Crippen LogP contribution in [0.1, 0.15) is 35.1 Å². The first-order valence-electron chi connectivity index (χ1n) is 7.90. The van der Waals surface area contributed by atoms with E-state index in [0.717, 1.165) is 18.5 Å². The quantitative estimate of drug-likeness (QED) is 0.731.